The molecule has 0 aliphatic heterocycles. The molecule has 0 heterocycles. The first-order valence-electron chi connectivity index (χ1n) is 9.68. The van der Waals surface area contributed by atoms with Gasteiger partial charge in [-0.1, -0.05) is 30.3 Å². The highest BCUT2D eigenvalue weighted by Gasteiger charge is 2.13. The van der Waals surface area contributed by atoms with E-state index in [0.717, 1.165) is 17.1 Å². The number of benzene rings is 3. The first-order chi connectivity index (χ1) is 14.2. The van der Waals surface area contributed by atoms with Crippen LogP contribution in [0.3, 0.4) is 0 Å². The Balaban J connectivity index is 1.79. The average Bonchev–Trinajstić information content (AvgIpc) is 2.75. The number of hydrogen-bond acceptors (Lipinski definition) is 4. The fourth-order valence-corrected chi connectivity index (χ4v) is 3.75. The molecule has 0 spiro atoms. The number of hydrogen-bond donors (Lipinski definition) is 1. The number of ether oxygens (including phenoxy) is 2. The Morgan fingerprint density at radius 1 is 0.862 bits per heavy atom. The Kier molecular flexibility index (Phi) is 7.59. The van der Waals surface area contributed by atoms with Crippen LogP contribution in [-0.2, 0) is 5.75 Å². The van der Waals surface area contributed by atoms with Crippen LogP contribution in [0.1, 0.15) is 29.8 Å². The molecule has 0 aromatic heterocycles. The summed E-state index contributed by atoms with van der Waals surface area (Å²) in [4.78, 5) is 14.0. The molecule has 0 unspecified atom stereocenters. The summed E-state index contributed by atoms with van der Waals surface area (Å²) in [6, 6.07) is 23.2. The highest BCUT2D eigenvalue weighted by molar-refractivity contribution is 7.98. The second-order valence-electron chi connectivity index (χ2n) is 6.24. The standard InChI is InChI=1S/C24H25NO3S/c1-3-27-22-15-14-18(16-19(22)17-29-20-10-6-5-7-11-20)24(26)25-21-12-8-9-13-23(21)28-4-2/h5-16H,3-4,17H2,1-2H3,(H,25,26). The summed E-state index contributed by atoms with van der Waals surface area (Å²) in [7, 11) is 0. The summed E-state index contributed by atoms with van der Waals surface area (Å²) in [5.74, 6) is 2.01. The van der Waals surface area contributed by atoms with Crippen molar-refractivity contribution >= 4 is 23.4 Å². The molecule has 1 N–H and O–H groups in total. The highest BCUT2D eigenvalue weighted by atomic mass is 32.2. The number of carbonyl (C=O) groups excluding carboxylic acids is 1. The van der Waals surface area contributed by atoms with E-state index in [4.69, 9.17) is 9.47 Å². The molecule has 0 saturated heterocycles. The summed E-state index contributed by atoms with van der Waals surface area (Å²) in [6.45, 7) is 4.99. The number of rotatable bonds is 9. The van der Waals surface area contributed by atoms with Crippen LogP contribution in [-0.4, -0.2) is 19.1 Å². The summed E-state index contributed by atoms with van der Waals surface area (Å²) in [5, 5.41) is 2.95. The lowest BCUT2D eigenvalue weighted by Gasteiger charge is -2.14. The summed E-state index contributed by atoms with van der Waals surface area (Å²) < 4.78 is 11.4. The van der Waals surface area contributed by atoms with Crippen LogP contribution in [0, 0.1) is 0 Å². The molecule has 0 radical (unpaired) electrons. The van der Waals surface area contributed by atoms with Crippen molar-refractivity contribution in [1.82, 2.24) is 0 Å². The van der Waals surface area contributed by atoms with Crippen molar-refractivity contribution in [1.29, 1.82) is 0 Å². The van der Waals surface area contributed by atoms with Gasteiger partial charge in [-0.15, -0.1) is 11.8 Å². The largest absolute Gasteiger partial charge is 0.494 e. The predicted octanol–water partition coefficient (Wildman–Crippen LogP) is 6.03. The molecule has 0 aliphatic carbocycles. The molecule has 29 heavy (non-hydrogen) atoms. The zero-order chi connectivity index (χ0) is 20.5. The molecule has 4 nitrogen and oxygen atoms in total. The zero-order valence-electron chi connectivity index (χ0n) is 16.7. The molecule has 0 saturated carbocycles. The SMILES string of the molecule is CCOc1ccc(C(=O)Nc2ccccc2OCC)cc1CSc1ccccc1. The van der Waals surface area contributed by atoms with Gasteiger partial charge in [-0.25, -0.2) is 0 Å². The van der Waals surface area contributed by atoms with Gasteiger partial charge in [0.25, 0.3) is 5.91 Å². The maximum absolute atomic E-state index is 12.9. The van der Waals surface area contributed by atoms with Gasteiger partial charge in [0.15, 0.2) is 0 Å². The number of carbonyl (C=O) groups is 1. The van der Waals surface area contributed by atoms with Crippen LogP contribution < -0.4 is 14.8 Å². The average molecular weight is 408 g/mol. The van der Waals surface area contributed by atoms with E-state index < -0.39 is 0 Å². The monoisotopic (exact) mass is 407 g/mol. The maximum atomic E-state index is 12.9. The minimum Gasteiger partial charge on any atom is -0.494 e. The quantitative estimate of drug-likeness (QED) is 0.440. The van der Waals surface area contributed by atoms with E-state index in [9.17, 15) is 4.79 Å². The van der Waals surface area contributed by atoms with Gasteiger partial charge in [0.2, 0.25) is 0 Å². The van der Waals surface area contributed by atoms with Crippen molar-refractivity contribution in [2.24, 2.45) is 0 Å². The molecule has 0 aliphatic rings. The molecule has 3 rings (SSSR count). The normalized spacial score (nSPS) is 10.4. The van der Waals surface area contributed by atoms with Crippen LogP contribution in [0.25, 0.3) is 0 Å². The first-order valence-corrected chi connectivity index (χ1v) is 10.7. The summed E-state index contributed by atoms with van der Waals surface area (Å²) >= 11 is 1.72. The number of thioether (sulfide) groups is 1. The minimum atomic E-state index is -0.175. The topological polar surface area (TPSA) is 47.6 Å². The van der Waals surface area contributed by atoms with Crippen LogP contribution in [0.4, 0.5) is 5.69 Å². The van der Waals surface area contributed by atoms with E-state index in [1.54, 1.807) is 17.8 Å². The molecular formula is C24H25NO3S. The first kappa shape index (κ1) is 20.8. The number of para-hydroxylation sites is 2. The van der Waals surface area contributed by atoms with Gasteiger partial charge in [-0.2, -0.15) is 0 Å². The van der Waals surface area contributed by atoms with E-state index in [1.165, 1.54) is 4.90 Å². The lowest BCUT2D eigenvalue weighted by Crippen LogP contribution is -2.13. The van der Waals surface area contributed by atoms with E-state index in [1.807, 2.05) is 68.4 Å². The van der Waals surface area contributed by atoms with E-state index in [-0.39, 0.29) is 5.91 Å². The lowest BCUT2D eigenvalue weighted by atomic mass is 10.1. The lowest BCUT2D eigenvalue weighted by molar-refractivity contribution is 0.102. The number of nitrogens with one attached hydrogen (secondary N) is 1. The van der Waals surface area contributed by atoms with Crippen molar-refractivity contribution in [3.05, 3.63) is 83.9 Å². The summed E-state index contributed by atoms with van der Waals surface area (Å²) in [6.07, 6.45) is 0. The van der Waals surface area contributed by atoms with Crippen molar-refractivity contribution in [2.75, 3.05) is 18.5 Å². The molecule has 5 heteroatoms. The number of amides is 1. The Hall–Kier alpha value is -2.92. The van der Waals surface area contributed by atoms with Gasteiger partial charge in [-0.3, -0.25) is 4.79 Å². The molecule has 0 bridgehead atoms. The zero-order valence-corrected chi connectivity index (χ0v) is 17.5. The second kappa shape index (κ2) is 10.6. The smallest absolute Gasteiger partial charge is 0.255 e. The van der Waals surface area contributed by atoms with Gasteiger partial charge in [0.05, 0.1) is 18.9 Å². The van der Waals surface area contributed by atoms with Gasteiger partial charge < -0.3 is 14.8 Å². The molecule has 0 fully saturated rings. The van der Waals surface area contributed by atoms with Crippen molar-refractivity contribution in [3.8, 4) is 11.5 Å². The molecule has 1 amide bonds. The van der Waals surface area contributed by atoms with Gasteiger partial charge in [0.1, 0.15) is 11.5 Å². The Labute approximate surface area is 176 Å². The molecule has 3 aromatic carbocycles. The van der Waals surface area contributed by atoms with Crippen LogP contribution in [0.15, 0.2) is 77.7 Å². The van der Waals surface area contributed by atoms with E-state index in [0.29, 0.717) is 30.2 Å². The minimum absolute atomic E-state index is 0.175. The number of anilines is 1. The van der Waals surface area contributed by atoms with Crippen molar-refractivity contribution < 1.29 is 14.3 Å². The Morgan fingerprint density at radius 2 is 1.55 bits per heavy atom. The van der Waals surface area contributed by atoms with Crippen LogP contribution >= 0.6 is 11.8 Å². The van der Waals surface area contributed by atoms with Gasteiger partial charge in [-0.05, 0) is 56.3 Å². The van der Waals surface area contributed by atoms with Gasteiger partial charge >= 0.3 is 0 Å². The van der Waals surface area contributed by atoms with Crippen molar-refractivity contribution in [2.45, 2.75) is 24.5 Å². The Bertz CT molecular complexity index is 944. The third kappa shape index (κ3) is 5.78. The van der Waals surface area contributed by atoms with Gasteiger partial charge in [0, 0.05) is 21.8 Å². The molecule has 0 atom stereocenters. The van der Waals surface area contributed by atoms with Crippen molar-refractivity contribution in [3.63, 3.8) is 0 Å². The second-order valence-corrected chi connectivity index (χ2v) is 7.29. The third-order valence-corrected chi connectivity index (χ3v) is 5.26. The van der Waals surface area contributed by atoms with E-state index in [2.05, 4.69) is 17.4 Å². The molecular weight excluding hydrogens is 382 g/mol. The molecule has 150 valence electrons. The predicted molar refractivity (Wildman–Crippen MR) is 119 cm³/mol. The van der Waals surface area contributed by atoms with E-state index >= 15 is 0 Å². The Morgan fingerprint density at radius 3 is 2.31 bits per heavy atom. The molecule has 3 aromatic rings. The fraction of sp³-hybridized carbons (Fsp3) is 0.208. The highest BCUT2D eigenvalue weighted by Crippen LogP contribution is 2.30. The maximum Gasteiger partial charge on any atom is 0.255 e. The van der Waals surface area contributed by atoms with Crippen LogP contribution in [0.2, 0.25) is 0 Å². The third-order valence-electron chi connectivity index (χ3n) is 4.20. The van der Waals surface area contributed by atoms with Crippen LogP contribution in [0.5, 0.6) is 11.5 Å². The summed E-state index contributed by atoms with van der Waals surface area (Å²) in [5.41, 5.74) is 2.24. The fourth-order valence-electron chi connectivity index (χ4n) is 2.85.